The highest BCUT2D eigenvalue weighted by atomic mass is 16.6. The summed E-state index contributed by atoms with van der Waals surface area (Å²) in [6.45, 7) is 9.77. The lowest BCUT2D eigenvalue weighted by molar-refractivity contribution is -0.145. The fourth-order valence-electron chi connectivity index (χ4n) is 8.07. The van der Waals surface area contributed by atoms with Gasteiger partial charge >= 0.3 is 5.97 Å². The van der Waals surface area contributed by atoms with Gasteiger partial charge in [-0.25, -0.2) is 0 Å². The van der Waals surface area contributed by atoms with Crippen molar-refractivity contribution in [2.45, 2.75) is 154 Å². The van der Waals surface area contributed by atoms with Gasteiger partial charge in [-0.1, -0.05) is 109 Å². The molecule has 18 nitrogen and oxygen atoms in total. The topological polar surface area (TPSA) is 213 Å². The van der Waals surface area contributed by atoms with Crippen molar-refractivity contribution in [2.75, 3.05) is 118 Å². The monoisotopic (exact) mass is 1010 g/mol. The number of imide groups is 2. The minimum absolute atomic E-state index is 0.0266. The molecule has 0 aliphatic carbocycles. The molecule has 1 aromatic carbocycles. The van der Waals surface area contributed by atoms with E-state index in [0.29, 0.717) is 119 Å². The lowest BCUT2D eigenvalue weighted by Gasteiger charge is -2.27. The average molecular weight is 1010 g/mol. The number of nitrogens with one attached hydrogen (secondary N) is 2. The molecule has 2 aliphatic rings. The van der Waals surface area contributed by atoms with E-state index < -0.39 is 29.7 Å². The number of rotatable bonds is 48. The zero-order valence-electron chi connectivity index (χ0n) is 43.0. The molecule has 2 N–H and O–H groups in total. The second-order valence-electron chi connectivity index (χ2n) is 17.9. The SMILES string of the molecule is CCCCCCCCCCCCCCCCCC(=O)OCCOCCOCCOCCOCCOCCOCCOCCOCCCCCC(=O)Nc1cccc2c1C(=O)N(C1CCC(=O)NC1=O)C2=O. The number of benzene rings is 1. The molecule has 3 rings (SSSR count). The Morgan fingerprint density at radius 2 is 0.944 bits per heavy atom. The molecule has 2 heterocycles. The van der Waals surface area contributed by atoms with E-state index in [1.807, 2.05) is 0 Å². The van der Waals surface area contributed by atoms with Gasteiger partial charge < -0.3 is 47.9 Å². The van der Waals surface area contributed by atoms with Crippen LogP contribution in [0.5, 0.6) is 0 Å². The zero-order valence-corrected chi connectivity index (χ0v) is 43.0. The van der Waals surface area contributed by atoms with Crippen LogP contribution in [0.3, 0.4) is 0 Å². The van der Waals surface area contributed by atoms with E-state index in [0.717, 1.165) is 30.6 Å². The second-order valence-corrected chi connectivity index (χ2v) is 17.9. The highest BCUT2D eigenvalue weighted by Gasteiger charge is 2.45. The molecule has 1 saturated heterocycles. The van der Waals surface area contributed by atoms with Gasteiger partial charge in [-0.05, 0) is 37.8 Å². The molecule has 18 heteroatoms. The summed E-state index contributed by atoms with van der Waals surface area (Å²) in [5.74, 6) is -2.87. The van der Waals surface area contributed by atoms with Crippen LogP contribution in [0, 0.1) is 0 Å². The maximum absolute atomic E-state index is 13.2. The number of nitrogens with zero attached hydrogens (tertiary/aromatic N) is 1. The van der Waals surface area contributed by atoms with Gasteiger partial charge in [-0.3, -0.25) is 39.0 Å². The summed E-state index contributed by atoms with van der Waals surface area (Å²) in [4.78, 5) is 75.6. The standard InChI is InChI=1S/C53H87N3O15/c1-2-3-4-5-6-7-8-9-10-11-12-13-14-15-18-24-49(59)71-43-42-70-41-40-69-39-38-68-37-36-67-35-34-66-33-32-65-31-30-64-29-28-63-27-19-16-17-23-47(57)54-45-22-20-21-44-50(45)53(62)56(52(44)61)46-25-26-48(58)55-51(46)60/h20-22,46H,2-19,23-43H2,1H3,(H,54,57)(H,55,58,60). The summed E-state index contributed by atoms with van der Waals surface area (Å²) < 4.78 is 49.5. The zero-order chi connectivity index (χ0) is 50.8. The Bertz CT molecular complexity index is 1630. The molecule has 404 valence electrons. The average Bonchev–Trinajstić information content (AvgIpc) is 3.61. The maximum atomic E-state index is 13.2. The summed E-state index contributed by atoms with van der Waals surface area (Å²) in [7, 11) is 0. The first-order valence-corrected chi connectivity index (χ1v) is 26.8. The van der Waals surface area contributed by atoms with E-state index in [9.17, 15) is 28.8 Å². The van der Waals surface area contributed by atoms with E-state index in [2.05, 4.69) is 17.6 Å². The molecule has 1 atom stereocenters. The Balaban J connectivity index is 0.957. The quantitative estimate of drug-likeness (QED) is 0.0367. The van der Waals surface area contributed by atoms with Gasteiger partial charge in [0.2, 0.25) is 17.7 Å². The number of hydrogen-bond donors (Lipinski definition) is 2. The first-order chi connectivity index (χ1) is 34.8. The Labute approximate surface area is 422 Å². The number of ether oxygens (including phenoxy) is 9. The van der Waals surface area contributed by atoms with Gasteiger partial charge in [0, 0.05) is 25.9 Å². The van der Waals surface area contributed by atoms with Gasteiger partial charge in [0.15, 0.2) is 0 Å². The molecule has 1 aromatic rings. The van der Waals surface area contributed by atoms with Crippen LogP contribution < -0.4 is 10.6 Å². The first kappa shape index (κ1) is 61.4. The van der Waals surface area contributed by atoms with Gasteiger partial charge in [-0.15, -0.1) is 0 Å². The summed E-state index contributed by atoms with van der Waals surface area (Å²) in [6, 6.07) is 3.53. The number of fused-ring (bicyclic) bond motifs is 1. The molecule has 1 unspecified atom stereocenters. The minimum Gasteiger partial charge on any atom is -0.463 e. The van der Waals surface area contributed by atoms with Crippen molar-refractivity contribution < 1.29 is 71.4 Å². The Hall–Kier alpha value is -3.88. The normalized spacial score (nSPS) is 14.6. The Morgan fingerprint density at radius 3 is 1.42 bits per heavy atom. The van der Waals surface area contributed by atoms with Crippen molar-refractivity contribution in [1.82, 2.24) is 10.2 Å². The van der Waals surface area contributed by atoms with Crippen LogP contribution in [-0.2, 0) is 61.8 Å². The third kappa shape index (κ3) is 28.8. The van der Waals surface area contributed by atoms with Crippen LogP contribution in [0.2, 0.25) is 0 Å². The number of amides is 5. The molecule has 0 bridgehead atoms. The molecule has 0 spiro atoms. The van der Waals surface area contributed by atoms with Crippen molar-refractivity contribution >= 4 is 41.2 Å². The van der Waals surface area contributed by atoms with E-state index in [1.165, 1.54) is 89.5 Å². The Morgan fingerprint density at radius 1 is 0.521 bits per heavy atom. The lowest BCUT2D eigenvalue weighted by atomic mass is 10.0. The largest absolute Gasteiger partial charge is 0.463 e. The molecule has 1 fully saturated rings. The van der Waals surface area contributed by atoms with Crippen LogP contribution in [0.1, 0.15) is 169 Å². The van der Waals surface area contributed by atoms with Gasteiger partial charge in [0.1, 0.15) is 12.6 Å². The van der Waals surface area contributed by atoms with Crippen molar-refractivity contribution in [2.24, 2.45) is 0 Å². The third-order valence-corrected chi connectivity index (χ3v) is 12.0. The molecule has 2 aliphatic heterocycles. The smallest absolute Gasteiger partial charge is 0.305 e. The maximum Gasteiger partial charge on any atom is 0.305 e. The molecule has 71 heavy (non-hydrogen) atoms. The predicted molar refractivity (Wildman–Crippen MR) is 267 cm³/mol. The van der Waals surface area contributed by atoms with E-state index >= 15 is 0 Å². The van der Waals surface area contributed by atoms with Crippen molar-refractivity contribution in [3.63, 3.8) is 0 Å². The molecule has 0 aromatic heterocycles. The number of unbranched alkanes of at least 4 members (excludes halogenated alkanes) is 16. The van der Waals surface area contributed by atoms with Crippen molar-refractivity contribution in [3.05, 3.63) is 29.3 Å². The fraction of sp³-hybridized carbons (Fsp3) is 0.774. The lowest BCUT2D eigenvalue weighted by Crippen LogP contribution is -2.54. The van der Waals surface area contributed by atoms with Gasteiger partial charge in [0.25, 0.3) is 11.8 Å². The van der Waals surface area contributed by atoms with Gasteiger partial charge in [-0.2, -0.15) is 0 Å². The summed E-state index contributed by atoms with van der Waals surface area (Å²) in [6.07, 6.45) is 22.5. The highest BCUT2D eigenvalue weighted by molar-refractivity contribution is 6.26. The summed E-state index contributed by atoms with van der Waals surface area (Å²) >= 11 is 0. The van der Waals surface area contributed by atoms with Crippen LogP contribution in [0.4, 0.5) is 5.69 Å². The molecule has 5 amide bonds. The van der Waals surface area contributed by atoms with Crippen molar-refractivity contribution in [1.29, 1.82) is 0 Å². The summed E-state index contributed by atoms with van der Waals surface area (Å²) in [5, 5.41) is 4.91. The third-order valence-electron chi connectivity index (χ3n) is 12.0. The number of piperidine rings is 1. The van der Waals surface area contributed by atoms with E-state index in [1.54, 1.807) is 12.1 Å². The number of hydrogen-bond acceptors (Lipinski definition) is 15. The number of esters is 1. The van der Waals surface area contributed by atoms with E-state index in [-0.39, 0.29) is 54.6 Å². The predicted octanol–water partition coefficient (Wildman–Crippen LogP) is 7.52. The van der Waals surface area contributed by atoms with Crippen LogP contribution in [0.15, 0.2) is 18.2 Å². The Kier molecular flexibility index (Phi) is 36.0. The molecular weight excluding hydrogens is 919 g/mol. The number of carbonyl (C=O) groups excluding carboxylic acids is 6. The molecule has 0 saturated carbocycles. The van der Waals surface area contributed by atoms with Crippen LogP contribution in [-0.4, -0.2) is 159 Å². The first-order valence-electron chi connectivity index (χ1n) is 26.8. The number of anilines is 1. The molecular formula is C53H87N3O15. The molecule has 0 radical (unpaired) electrons. The van der Waals surface area contributed by atoms with Gasteiger partial charge in [0.05, 0.1) is 116 Å². The highest BCUT2D eigenvalue weighted by Crippen LogP contribution is 2.32. The van der Waals surface area contributed by atoms with Crippen LogP contribution >= 0.6 is 0 Å². The summed E-state index contributed by atoms with van der Waals surface area (Å²) in [5.41, 5.74) is 0.379. The van der Waals surface area contributed by atoms with Crippen LogP contribution in [0.25, 0.3) is 0 Å². The minimum atomic E-state index is -1.08. The second kappa shape index (κ2) is 41.6. The van der Waals surface area contributed by atoms with Crippen molar-refractivity contribution in [3.8, 4) is 0 Å². The number of carbonyl (C=O) groups is 6. The van der Waals surface area contributed by atoms with E-state index in [4.69, 9.17) is 42.6 Å². The fourth-order valence-corrected chi connectivity index (χ4v) is 8.07.